The maximum absolute atomic E-state index is 11.8. The SMILES string of the molecule is CC(=O)N[C@H](C)C(=O)N[C@@H](C)c1ccc(Cl)cc1. The average molecular weight is 269 g/mol. The second-order valence-electron chi connectivity index (χ2n) is 4.20. The molecule has 0 aromatic heterocycles. The van der Waals surface area contributed by atoms with Gasteiger partial charge in [-0.2, -0.15) is 0 Å². The van der Waals surface area contributed by atoms with Crippen LogP contribution in [0, 0.1) is 0 Å². The number of nitrogens with one attached hydrogen (secondary N) is 2. The Morgan fingerprint density at radius 1 is 1.11 bits per heavy atom. The number of halogens is 1. The summed E-state index contributed by atoms with van der Waals surface area (Å²) in [4.78, 5) is 22.6. The van der Waals surface area contributed by atoms with E-state index in [1.165, 1.54) is 6.92 Å². The van der Waals surface area contributed by atoms with Crippen LogP contribution in [0.5, 0.6) is 0 Å². The molecule has 0 aliphatic heterocycles. The van der Waals surface area contributed by atoms with Crippen LogP contribution in [0.3, 0.4) is 0 Å². The van der Waals surface area contributed by atoms with Crippen LogP contribution in [-0.2, 0) is 9.59 Å². The van der Waals surface area contributed by atoms with Crippen molar-refractivity contribution in [1.29, 1.82) is 0 Å². The van der Waals surface area contributed by atoms with Crippen LogP contribution in [0.1, 0.15) is 32.4 Å². The van der Waals surface area contributed by atoms with E-state index in [2.05, 4.69) is 10.6 Å². The second kappa shape index (κ2) is 6.40. The molecule has 0 heterocycles. The first kappa shape index (κ1) is 14.5. The van der Waals surface area contributed by atoms with Crippen molar-refractivity contribution in [2.45, 2.75) is 32.9 Å². The van der Waals surface area contributed by atoms with E-state index < -0.39 is 6.04 Å². The predicted octanol–water partition coefficient (Wildman–Crippen LogP) is 2.04. The molecule has 1 rings (SSSR count). The minimum absolute atomic E-state index is 0.133. The van der Waals surface area contributed by atoms with Gasteiger partial charge in [0.1, 0.15) is 6.04 Å². The Bertz CT molecular complexity index is 431. The van der Waals surface area contributed by atoms with Crippen LogP contribution in [0.25, 0.3) is 0 Å². The van der Waals surface area contributed by atoms with Crippen molar-refractivity contribution in [2.75, 3.05) is 0 Å². The van der Waals surface area contributed by atoms with Gasteiger partial charge in [-0.1, -0.05) is 23.7 Å². The van der Waals surface area contributed by atoms with Gasteiger partial charge in [0.15, 0.2) is 0 Å². The molecular formula is C13H17ClN2O2. The molecule has 5 heteroatoms. The maximum Gasteiger partial charge on any atom is 0.242 e. The van der Waals surface area contributed by atoms with Gasteiger partial charge in [0.25, 0.3) is 0 Å². The largest absolute Gasteiger partial charge is 0.348 e. The molecule has 0 radical (unpaired) electrons. The highest BCUT2D eigenvalue weighted by Gasteiger charge is 2.16. The van der Waals surface area contributed by atoms with E-state index in [-0.39, 0.29) is 17.9 Å². The summed E-state index contributed by atoms with van der Waals surface area (Å²) in [5, 5.41) is 6.02. The van der Waals surface area contributed by atoms with Gasteiger partial charge in [-0.05, 0) is 31.5 Å². The lowest BCUT2D eigenvalue weighted by Crippen LogP contribution is -2.44. The fourth-order valence-electron chi connectivity index (χ4n) is 1.54. The Morgan fingerprint density at radius 3 is 2.17 bits per heavy atom. The number of hydrogen-bond acceptors (Lipinski definition) is 2. The minimum Gasteiger partial charge on any atom is -0.348 e. The Morgan fingerprint density at radius 2 is 1.67 bits per heavy atom. The highest BCUT2D eigenvalue weighted by Crippen LogP contribution is 2.15. The van der Waals surface area contributed by atoms with Gasteiger partial charge in [-0.25, -0.2) is 0 Å². The average Bonchev–Trinajstić information content (AvgIpc) is 2.28. The molecule has 2 N–H and O–H groups in total. The summed E-state index contributed by atoms with van der Waals surface area (Å²) in [7, 11) is 0. The first-order chi connectivity index (χ1) is 8.40. The topological polar surface area (TPSA) is 58.2 Å². The van der Waals surface area contributed by atoms with Gasteiger partial charge in [0.05, 0.1) is 6.04 Å². The maximum atomic E-state index is 11.8. The summed E-state index contributed by atoms with van der Waals surface area (Å²) in [5.41, 5.74) is 0.961. The van der Waals surface area contributed by atoms with Gasteiger partial charge in [0.2, 0.25) is 11.8 Å². The Balaban J connectivity index is 2.59. The molecule has 4 nitrogen and oxygen atoms in total. The zero-order valence-electron chi connectivity index (χ0n) is 10.7. The molecule has 0 saturated carbocycles. The van der Waals surface area contributed by atoms with Gasteiger partial charge in [-0.3, -0.25) is 9.59 Å². The predicted molar refractivity (Wildman–Crippen MR) is 71.3 cm³/mol. The van der Waals surface area contributed by atoms with Crippen molar-refractivity contribution in [1.82, 2.24) is 10.6 Å². The molecule has 2 amide bonds. The first-order valence-corrected chi connectivity index (χ1v) is 6.11. The molecule has 0 aliphatic rings. The molecule has 1 aromatic rings. The summed E-state index contributed by atoms with van der Waals surface area (Å²) < 4.78 is 0. The van der Waals surface area contributed by atoms with Crippen LogP contribution in [0.2, 0.25) is 5.02 Å². The Hall–Kier alpha value is -1.55. The van der Waals surface area contributed by atoms with Gasteiger partial charge in [0, 0.05) is 11.9 Å². The number of benzene rings is 1. The quantitative estimate of drug-likeness (QED) is 0.878. The number of hydrogen-bond donors (Lipinski definition) is 2. The van der Waals surface area contributed by atoms with Gasteiger partial charge < -0.3 is 10.6 Å². The summed E-state index contributed by atoms with van der Waals surface area (Å²) in [6.07, 6.45) is 0. The zero-order chi connectivity index (χ0) is 13.7. The van der Waals surface area contributed by atoms with Crippen LogP contribution < -0.4 is 10.6 Å². The lowest BCUT2D eigenvalue weighted by Gasteiger charge is -2.18. The molecule has 98 valence electrons. The summed E-state index contributed by atoms with van der Waals surface area (Å²) in [6, 6.07) is 6.59. The van der Waals surface area contributed by atoms with E-state index in [0.717, 1.165) is 5.56 Å². The van der Waals surface area contributed by atoms with Gasteiger partial charge >= 0.3 is 0 Å². The number of rotatable bonds is 4. The molecule has 0 unspecified atom stereocenters. The van der Waals surface area contributed by atoms with Crippen molar-refractivity contribution >= 4 is 23.4 Å². The van der Waals surface area contributed by atoms with Crippen molar-refractivity contribution in [3.8, 4) is 0 Å². The third-order valence-electron chi connectivity index (χ3n) is 2.54. The number of amides is 2. The van der Waals surface area contributed by atoms with E-state index in [4.69, 9.17) is 11.6 Å². The smallest absolute Gasteiger partial charge is 0.242 e. The first-order valence-electron chi connectivity index (χ1n) is 5.73. The highest BCUT2D eigenvalue weighted by molar-refractivity contribution is 6.30. The summed E-state index contributed by atoms with van der Waals surface area (Å²) >= 11 is 5.79. The molecule has 0 saturated heterocycles. The van der Waals surface area contributed by atoms with Crippen molar-refractivity contribution in [3.05, 3.63) is 34.9 Å². The molecule has 0 spiro atoms. The lowest BCUT2D eigenvalue weighted by molar-refractivity contribution is -0.128. The highest BCUT2D eigenvalue weighted by atomic mass is 35.5. The van der Waals surface area contributed by atoms with E-state index in [9.17, 15) is 9.59 Å². The van der Waals surface area contributed by atoms with E-state index in [0.29, 0.717) is 5.02 Å². The van der Waals surface area contributed by atoms with Crippen molar-refractivity contribution in [3.63, 3.8) is 0 Å². The minimum atomic E-state index is -0.544. The van der Waals surface area contributed by atoms with Crippen LogP contribution in [-0.4, -0.2) is 17.9 Å². The Labute approximate surface area is 112 Å². The number of carbonyl (C=O) groups is 2. The van der Waals surface area contributed by atoms with Gasteiger partial charge in [-0.15, -0.1) is 0 Å². The molecular weight excluding hydrogens is 252 g/mol. The van der Waals surface area contributed by atoms with E-state index >= 15 is 0 Å². The molecule has 0 bridgehead atoms. The molecule has 1 aromatic carbocycles. The van der Waals surface area contributed by atoms with E-state index in [1.807, 2.05) is 19.1 Å². The second-order valence-corrected chi connectivity index (χ2v) is 4.64. The molecule has 18 heavy (non-hydrogen) atoms. The molecule has 0 fully saturated rings. The van der Waals surface area contributed by atoms with Crippen LogP contribution in [0.15, 0.2) is 24.3 Å². The third-order valence-corrected chi connectivity index (χ3v) is 2.79. The fraction of sp³-hybridized carbons (Fsp3) is 0.385. The normalized spacial score (nSPS) is 13.6. The molecule has 0 aliphatic carbocycles. The summed E-state index contributed by atoms with van der Waals surface area (Å²) in [5.74, 6) is -0.440. The summed E-state index contributed by atoms with van der Waals surface area (Å²) in [6.45, 7) is 4.90. The number of carbonyl (C=O) groups excluding carboxylic acids is 2. The monoisotopic (exact) mass is 268 g/mol. The molecule has 2 atom stereocenters. The third kappa shape index (κ3) is 4.37. The van der Waals surface area contributed by atoms with Crippen molar-refractivity contribution in [2.24, 2.45) is 0 Å². The fourth-order valence-corrected chi connectivity index (χ4v) is 1.67. The zero-order valence-corrected chi connectivity index (χ0v) is 11.4. The van der Waals surface area contributed by atoms with Crippen LogP contribution >= 0.6 is 11.6 Å². The van der Waals surface area contributed by atoms with E-state index in [1.54, 1.807) is 19.1 Å². The Kier molecular flexibility index (Phi) is 5.16. The standard InChI is InChI=1S/C13H17ClN2O2/c1-8(11-4-6-12(14)7-5-11)16-13(18)9(2)15-10(3)17/h4-9H,1-3H3,(H,15,17)(H,16,18)/t8-,9+/m0/s1. The lowest BCUT2D eigenvalue weighted by atomic mass is 10.1. The van der Waals surface area contributed by atoms with Crippen molar-refractivity contribution < 1.29 is 9.59 Å². The van der Waals surface area contributed by atoms with Crippen LogP contribution in [0.4, 0.5) is 0 Å².